The average Bonchev–Trinajstić information content (AvgIpc) is 3.12. The normalized spacial score (nSPS) is 12.5. The molecule has 7 nitrogen and oxygen atoms in total. The van der Waals surface area contributed by atoms with Crippen molar-refractivity contribution in [2.75, 3.05) is 5.32 Å². The maximum atomic E-state index is 12.5. The number of carbonyl (C=O) groups excluding carboxylic acids is 1. The lowest BCUT2D eigenvalue weighted by Crippen LogP contribution is -2.26. The number of benzene rings is 2. The molecule has 0 aliphatic rings. The van der Waals surface area contributed by atoms with E-state index < -0.39 is 16.1 Å². The first-order chi connectivity index (χ1) is 12.9. The predicted molar refractivity (Wildman–Crippen MR) is 104 cm³/mol. The molecule has 0 saturated carbocycles. The van der Waals surface area contributed by atoms with Crippen molar-refractivity contribution >= 4 is 32.4 Å². The molecular weight excluding hydrogens is 384 g/mol. The van der Waals surface area contributed by atoms with Crippen molar-refractivity contribution in [1.29, 1.82) is 0 Å². The highest BCUT2D eigenvalue weighted by Crippen LogP contribution is 2.23. The molecule has 0 fully saturated rings. The number of anilines is 1. The van der Waals surface area contributed by atoms with E-state index in [4.69, 9.17) is 0 Å². The predicted octanol–water partition coefficient (Wildman–Crippen LogP) is 3.14. The fraction of sp³-hybridized carbons (Fsp3) is 0.167. The molecule has 1 aromatic heterocycles. The first-order valence-electron chi connectivity index (χ1n) is 8.14. The van der Waals surface area contributed by atoms with Crippen molar-refractivity contribution in [3.63, 3.8) is 0 Å². The van der Waals surface area contributed by atoms with E-state index in [9.17, 15) is 13.2 Å². The summed E-state index contributed by atoms with van der Waals surface area (Å²) in [5.74, 6) is -0.362. The van der Waals surface area contributed by atoms with Crippen LogP contribution < -0.4 is 10.0 Å². The van der Waals surface area contributed by atoms with Crippen molar-refractivity contribution in [3.8, 4) is 0 Å². The topological polar surface area (TPSA) is 101 Å². The number of aryl methyl sites for hydroxylation is 1. The van der Waals surface area contributed by atoms with E-state index in [1.807, 2.05) is 49.4 Å². The minimum absolute atomic E-state index is 0.121. The van der Waals surface area contributed by atoms with Crippen LogP contribution in [0.5, 0.6) is 0 Å². The van der Waals surface area contributed by atoms with Gasteiger partial charge in [-0.3, -0.25) is 10.1 Å². The van der Waals surface area contributed by atoms with Gasteiger partial charge in [0.15, 0.2) is 0 Å². The standard InChI is InChI=1S/C18H18N4O3S2/c1-12-8-6-7-11-15(12)16(23)19-17-20-21-18(26-17)27(24,25)22-13(2)14-9-4-3-5-10-14/h3-11,13,22H,1-2H3,(H,19,20,23)/t13-/m0/s1. The molecule has 140 valence electrons. The van der Waals surface area contributed by atoms with E-state index in [0.29, 0.717) is 5.56 Å². The zero-order valence-corrected chi connectivity index (χ0v) is 16.3. The second-order valence-corrected chi connectivity index (χ2v) is 8.76. The van der Waals surface area contributed by atoms with E-state index in [1.54, 1.807) is 19.1 Å². The number of hydrogen-bond acceptors (Lipinski definition) is 6. The second-order valence-electron chi connectivity index (χ2n) is 5.90. The third-order valence-corrected chi connectivity index (χ3v) is 6.62. The molecule has 1 heterocycles. The first-order valence-corrected chi connectivity index (χ1v) is 10.4. The van der Waals surface area contributed by atoms with Gasteiger partial charge in [-0.05, 0) is 31.0 Å². The van der Waals surface area contributed by atoms with Gasteiger partial charge in [0.2, 0.25) is 9.47 Å². The van der Waals surface area contributed by atoms with Gasteiger partial charge < -0.3 is 0 Å². The quantitative estimate of drug-likeness (QED) is 0.617. The van der Waals surface area contributed by atoms with E-state index in [2.05, 4.69) is 20.2 Å². The maximum Gasteiger partial charge on any atom is 0.270 e. The van der Waals surface area contributed by atoms with Crippen LogP contribution in [0.15, 0.2) is 58.9 Å². The lowest BCUT2D eigenvalue weighted by atomic mass is 10.1. The van der Waals surface area contributed by atoms with Crippen LogP contribution in [-0.4, -0.2) is 24.5 Å². The molecule has 0 spiro atoms. The molecule has 3 aromatic rings. The molecule has 2 aromatic carbocycles. The Morgan fingerprint density at radius 2 is 1.70 bits per heavy atom. The minimum Gasteiger partial charge on any atom is -0.296 e. The van der Waals surface area contributed by atoms with Crippen molar-refractivity contribution in [2.24, 2.45) is 0 Å². The summed E-state index contributed by atoms with van der Waals surface area (Å²) >= 11 is 0.801. The summed E-state index contributed by atoms with van der Waals surface area (Å²) < 4.78 is 27.4. The Morgan fingerprint density at radius 1 is 1.04 bits per heavy atom. The van der Waals surface area contributed by atoms with E-state index in [1.165, 1.54) is 0 Å². The van der Waals surface area contributed by atoms with E-state index >= 15 is 0 Å². The van der Waals surface area contributed by atoms with Crippen LogP contribution in [0.3, 0.4) is 0 Å². The van der Waals surface area contributed by atoms with Gasteiger partial charge in [-0.25, -0.2) is 13.1 Å². The Bertz CT molecular complexity index is 1050. The smallest absolute Gasteiger partial charge is 0.270 e. The van der Waals surface area contributed by atoms with Gasteiger partial charge in [-0.1, -0.05) is 59.9 Å². The molecule has 1 atom stereocenters. The van der Waals surface area contributed by atoms with Gasteiger partial charge in [0.25, 0.3) is 15.9 Å². The van der Waals surface area contributed by atoms with Crippen LogP contribution in [-0.2, 0) is 10.0 Å². The second kappa shape index (κ2) is 7.95. The third-order valence-electron chi connectivity index (χ3n) is 3.88. The average molecular weight is 403 g/mol. The highest BCUT2D eigenvalue weighted by molar-refractivity contribution is 7.91. The first kappa shape index (κ1) is 19.2. The van der Waals surface area contributed by atoms with Crippen LogP contribution in [0.1, 0.15) is 34.5 Å². The van der Waals surface area contributed by atoms with E-state index in [-0.39, 0.29) is 15.4 Å². The van der Waals surface area contributed by atoms with Crippen LogP contribution >= 0.6 is 11.3 Å². The largest absolute Gasteiger partial charge is 0.296 e. The van der Waals surface area contributed by atoms with Gasteiger partial charge >= 0.3 is 0 Å². The van der Waals surface area contributed by atoms with Gasteiger partial charge in [-0.15, -0.1) is 10.2 Å². The lowest BCUT2D eigenvalue weighted by molar-refractivity contribution is 0.102. The molecule has 0 bridgehead atoms. The monoisotopic (exact) mass is 402 g/mol. The lowest BCUT2D eigenvalue weighted by Gasteiger charge is -2.12. The highest BCUT2D eigenvalue weighted by Gasteiger charge is 2.24. The number of rotatable bonds is 6. The Balaban J connectivity index is 1.73. The Hall–Kier alpha value is -2.62. The van der Waals surface area contributed by atoms with Gasteiger partial charge in [-0.2, -0.15) is 0 Å². The number of amides is 1. The Labute approximate surface area is 161 Å². The van der Waals surface area contributed by atoms with Gasteiger partial charge in [0.05, 0.1) is 0 Å². The molecule has 0 aliphatic carbocycles. The highest BCUT2D eigenvalue weighted by atomic mass is 32.2. The summed E-state index contributed by atoms with van der Waals surface area (Å²) in [5.41, 5.74) is 2.14. The SMILES string of the molecule is Cc1ccccc1C(=O)Nc1nnc(S(=O)(=O)N[C@@H](C)c2ccccc2)s1. The molecule has 2 N–H and O–H groups in total. The summed E-state index contributed by atoms with van der Waals surface area (Å²) in [6.07, 6.45) is 0. The van der Waals surface area contributed by atoms with Crippen LogP contribution in [0.2, 0.25) is 0 Å². The fourth-order valence-corrected chi connectivity index (χ4v) is 4.60. The molecule has 0 unspecified atom stereocenters. The molecule has 0 radical (unpaired) electrons. The number of hydrogen-bond donors (Lipinski definition) is 2. The van der Waals surface area contributed by atoms with Crippen LogP contribution in [0.4, 0.5) is 5.13 Å². The summed E-state index contributed by atoms with van der Waals surface area (Å²) in [7, 11) is -3.85. The summed E-state index contributed by atoms with van der Waals surface area (Å²) in [5, 5.41) is 10.2. The Morgan fingerprint density at radius 3 is 2.41 bits per heavy atom. The molecule has 1 amide bonds. The minimum atomic E-state index is -3.85. The van der Waals surface area contributed by atoms with Crippen LogP contribution in [0, 0.1) is 6.92 Å². The molecular formula is C18H18N4O3S2. The third kappa shape index (κ3) is 4.57. The number of nitrogens with zero attached hydrogens (tertiary/aromatic N) is 2. The maximum absolute atomic E-state index is 12.5. The molecule has 0 aliphatic heterocycles. The fourth-order valence-electron chi connectivity index (χ4n) is 2.45. The number of sulfonamides is 1. The van der Waals surface area contributed by atoms with Crippen molar-refractivity contribution in [3.05, 3.63) is 71.3 Å². The van der Waals surface area contributed by atoms with Crippen molar-refractivity contribution < 1.29 is 13.2 Å². The molecule has 0 saturated heterocycles. The number of nitrogens with one attached hydrogen (secondary N) is 2. The summed E-state index contributed by atoms with van der Waals surface area (Å²) in [6.45, 7) is 3.56. The molecule has 27 heavy (non-hydrogen) atoms. The van der Waals surface area contributed by atoms with Crippen LogP contribution in [0.25, 0.3) is 0 Å². The van der Waals surface area contributed by atoms with E-state index in [0.717, 1.165) is 22.5 Å². The van der Waals surface area contributed by atoms with Crippen molar-refractivity contribution in [2.45, 2.75) is 24.2 Å². The zero-order valence-electron chi connectivity index (χ0n) is 14.7. The molecule has 9 heteroatoms. The summed E-state index contributed by atoms with van der Waals surface area (Å²) in [6, 6.07) is 15.9. The zero-order chi connectivity index (χ0) is 19.4. The Kier molecular flexibility index (Phi) is 5.64. The van der Waals surface area contributed by atoms with Gasteiger partial charge in [0, 0.05) is 11.6 Å². The van der Waals surface area contributed by atoms with Gasteiger partial charge in [0.1, 0.15) is 0 Å². The van der Waals surface area contributed by atoms with Crippen molar-refractivity contribution in [1.82, 2.24) is 14.9 Å². The summed E-state index contributed by atoms with van der Waals surface area (Å²) in [4.78, 5) is 12.3. The molecule has 3 rings (SSSR count). The number of carbonyl (C=O) groups is 1. The number of aromatic nitrogens is 2.